The molecule has 0 N–H and O–H groups in total. The molecule has 3 aromatic heterocycles. The SMILES string of the molecule is CCCCc1c(-c2c(C)c(C)c(C)c(C)c2C)c(C)nn1-c1[c-]c(Oc2[c-]c3c(cc2)c2ccccc2n3-c2cc(C)ccn2)ccc1.[Pd+2]. The van der Waals surface area contributed by atoms with Gasteiger partial charge in [-0.3, -0.25) is 4.68 Å². The summed E-state index contributed by atoms with van der Waals surface area (Å²) in [5, 5.41) is 7.41. The van der Waals surface area contributed by atoms with Crippen LogP contribution in [0.2, 0.25) is 0 Å². The van der Waals surface area contributed by atoms with Crippen molar-refractivity contribution in [2.24, 2.45) is 0 Å². The summed E-state index contributed by atoms with van der Waals surface area (Å²) >= 11 is 0. The van der Waals surface area contributed by atoms with Crippen LogP contribution in [0, 0.1) is 60.6 Å². The van der Waals surface area contributed by atoms with Gasteiger partial charge in [0, 0.05) is 34.5 Å². The monoisotopic (exact) mass is 736 g/mol. The Kier molecular flexibility index (Phi) is 9.67. The van der Waals surface area contributed by atoms with Gasteiger partial charge in [0.05, 0.1) is 5.69 Å². The number of hydrogen-bond donors (Lipinski definition) is 0. The Balaban J connectivity index is 0.00000417. The standard InChI is InChI=1S/C43H42N4O.Pd/c1-9-10-17-39-43(42-30(6)28(4)27(3)29(5)31(42)7)32(8)45-47(39)33-14-13-15-34(24-33)48-35-19-20-37-36-16-11-12-18-38(36)46(40(37)25-35)41-23-26(2)21-22-44-41;/h11-16,18-23H,9-10,17H2,1-8H3;/q-2;+2. The van der Waals surface area contributed by atoms with Gasteiger partial charge in [-0.1, -0.05) is 37.1 Å². The van der Waals surface area contributed by atoms with Crippen LogP contribution in [0.4, 0.5) is 0 Å². The summed E-state index contributed by atoms with van der Waals surface area (Å²) in [6.45, 7) is 17.7. The van der Waals surface area contributed by atoms with Gasteiger partial charge < -0.3 is 9.30 Å². The first-order valence-electron chi connectivity index (χ1n) is 16.9. The molecule has 7 aromatic rings. The number of benzene rings is 4. The van der Waals surface area contributed by atoms with Crippen molar-refractivity contribution in [3.8, 4) is 34.1 Å². The van der Waals surface area contributed by atoms with E-state index in [9.17, 15) is 0 Å². The number of nitrogens with zero attached hydrogens (tertiary/aromatic N) is 4. The molecule has 0 aliphatic carbocycles. The number of aryl methyl sites for hydroxylation is 2. The average molecular weight is 737 g/mol. The van der Waals surface area contributed by atoms with Crippen molar-refractivity contribution in [1.82, 2.24) is 19.3 Å². The first-order valence-corrected chi connectivity index (χ1v) is 16.9. The number of hydrogen-bond acceptors (Lipinski definition) is 3. The Morgan fingerprint density at radius 1 is 0.714 bits per heavy atom. The fourth-order valence-corrected chi connectivity index (χ4v) is 7.10. The number of para-hydroxylation sites is 1. The minimum absolute atomic E-state index is 0. The molecule has 0 fully saturated rings. The van der Waals surface area contributed by atoms with Crippen LogP contribution < -0.4 is 4.74 Å². The summed E-state index contributed by atoms with van der Waals surface area (Å²) in [6, 6.07) is 29.8. The summed E-state index contributed by atoms with van der Waals surface area (Å²) in [5.74, 6) is 2.09. The van der Waals surface area contributed by atoms with Crippen molar-refractivity contribution in [3.63, 3.8) is 0 Å². The van der Waals surface area contributed by atoms with Gasteiger partial charge in [0.1, 0.15) is 5.82 Å². The molecule has 0 unspecified atom stereocenters. The van der Waals surface area contributed by atoms with Crippen molar-refractivity contribution in [2.75, 3.05) is 0 Å². The van der Waals surface area contributed by atoms with Crippen molar-refractivity contribution >= 4 is 21.8 Å². The summed E-state index contributed by atoms with van der Waals surface area (Å²) < 4.78 is 10.8. The third kappa shape index (κ3) is 6.03. The Morgan fingerprint density at radius 2 is 1.43 bits per heavy atom. The maximum atomic E-state index is 6.50. The fourth-order valence-electron chi connectivity index (χ4n) is 7.10. The first kappa shape index (κ1) is 34.4. The zero-order valence-electron chi connectivity index (χ0n) is 29.6. The van der Waals surface area contributed by atoms with Crippen molar-refractivity contribution in [2.45, 2.75) is 74.7 Å². The minimum Gasteiger partial charge on any atom is -0.509 e. The molecule has 0 aliphatic rings. The largest absolute Gasteiger partial charge is 2.00 e. The van der Waals surface area contributed by atoms with E-state index in [0.29, 0.717) is 11.5 Å². The summed E-state index contributed by atoms with van der Waals surface area (Å²) in [7, 11) is 0. The Labute approximate surface area is 303 Å². The molecule has 0 bridgehead atoms. The van der Waals surface area contributed by atoms with E-state index in [0.717, 1.165) is 63.8 Å². The Hall–Kier alpha value is -4.50. The fraction of sp³-hybridized carbons (Fsp3) is 0.256. The topological polar surface area (TPSA) is 44.9 Å². The van der Waals surface area contributed by atoms with Gasteiger partial charge >= 0.3 is 20.4 Å². The van der Waals surface area contributed by atoms with E-state index in [-0.39, 0.29) is 20.4 Å². The van der Waals surface area contributed by atoms with Crippen LogP contribution >= 0.6 is 0 Å². The first-order chi connectivity index (χ1) is 23.2. The molecular formula is C43H42N4OPd. The van der Waals surface area contributed by atoms with Gasteiger partial charge in [-0.2, -0.15) is 17.2 Å². The molecule has 0 radical (unpaired) electrons. The summed E-state index contributed by atoms with van der Waals surface area (Å²) in [5.41, 5.74) is 15.6. The normalized spacial score (nSPS) is 11.3. The van der Waals surface area contributed by atoms with Crippen LogP contribution in [0.1, 0.15) is 64.5 Å². The molecular weight excluding hydrogens is 695 g/mol. The van der Waals surface area contributed by atoms with Gasteiger partial charge in [-0.05, 0) is 130 Å². The van der Waals surface area contributed by atoms with E-state index in [1.807, 2.05) is 30.5 Å². The number of ether oxygens (including phenoxy) is 1. The zero-order valence-corrected chi connectivity index (χ0v) is 31.1. The third-order valence-corrected chi connectivity index (χ3v) is 10.1. The molecule has 5 nitrogen and oxygen atoms in total. The van der Waals surface area contributed by atoms with Gasteiger partial charge in [0.2, 0.25) is 0 Å². The number of fused-ring (bicyclic) bond motifs is 3. The Bertz CT molecular complexity index is 2320. The molecule has 0 saturated carbocycles. The van der Waals surface area contributed by atoms with E-state index in [2.05, 4.69) is 119 Å². The van der Waals surface area contributed by atoms with Crippen molar-refractivity contribution in [1.29, 1.82) is 0 Å². The summed E-state index contributed by atoms with van der Waals surface area (Å²) in [4.78, 5) is 4.71. The van der Waals surface area contributed by atoms with Crippen molar-refractivity contribution in [3.05, 3.63) is 130 Å². The van der Waals surface area contributed by atoms with Crippen LogP contribution in [0.25, 0.3) is 44.4 Å². The molecule has 0 aliphatic heterocycles. The molecule has 250 valence electrons. The Morgan fingerprint density at radius 3 is 2.16 bits per heavy atom. The predicted molar refractivity (Wildman–Crippen MR) is 197 cm³/mol. The van der Waals surface area contributed by atoms with Gasteiger partial charge in [0.25, 0.3) is 0 Å². The molecule has 49 heavy (non-hydrogen) atoms. The molecule has 3 heterocycles. The van der Waals surface area contributed by atoms with Crippen LogP contribution in [-0.4, -0.2) is 19.3 Å². The van der Waals surface area contributed by atoms with E-state index < -0.39 is 0 Å². The van der Waals surface area contributed by atoms with Gasteiger partial charge in [0.15, 0.2) is 0 Å². The number of rotatable bonds is 8. The molecule has 0 amide bonds. The molecule has 0 atom stereocenters. The maximum absolute atomic E-state index is 6.50. The third-order valence-electron chi connectivity index (χ3n) is 10.1. The average Bonchev–Trinajstić information content (AvgIpc) is 3.59. The second-order valence-electron chi connectivity index (χ2n) is 13.1. The maximum Gasteiger partial charge on any atom is 2.00 e. The van der Waals surface area contributed by atoms with Crippen LogP contribution in [-0.2, 0) is 26.8 Å². The van der Waals surface area contributed by atoms with E-state index in [4.69, 9.17) is 14.8 Å². The van der Waals surface area contributed by atoms with Crippen LogP contribution in [0.5, 0.6) is 11.5 Å². The molecule has 4 aromatic carbocycles. The van der Waals surface area contributed by atoms with Gasteiger partial charge in [-0.25, -0.2) is 4.98 Å². The minimum atomic E-state index is 0. The number of unbranched alkanes of at least 4 members (excludes halogenated alkanes) is 1. The van der Waals surface area contributed by atoms with E-state index in [1.54, 1.807) is 0 Å². The number of pyridine rings is 1. The molecule has 0 saturated heterocycles. The van der Waals surface area contributed by atoms with Crippen LogP contribution in [0.3, 0.4) is 0 Å². The van der Waals surface area contributed by atoms with Crippen molar-refractivity contribution < 1.29 is 25.2 Å². The van der Waals surface area contributed by atoms with E-state index >= 15 is 0 Å². The molecule has 0 spiro atoms. The van der Waals surface area contributed by atoms with Crippen LogP contribution in [0.15, 0.2) is 72.9 Å². The molecule has 6 heteroatoms. The second kappa shape index (κ2) is 13.8. The van der Waals surface area contributed by atoms with E-state index in [1.165, 1.54) is 44.6 Å². The smallest absolute Gasteiger partial charge is 0.509 e. The van der Waals surface area contributed by atoms with Gasteiger partial charge in [-0.15, -0.1) is 35.7 Å². The predicted octanol–water partition coefficient (Wildman–Crippen LogP) is 10.9. The summed E-state index contributed by atoms with van der Waals surface area (Å²) in [6.07, 6.45) is 4.97. The number of aromatic nitrogens is 4. The molecule has 7 rings (SSSR count). The second-order valence-corrected chi connectivity index (χ2v) is 13.1. The zero-order chi connectivity index (χ0) is 33.7. The quantitative estimate of drug-likeness (QED) is 0.115.